The van der Waals surface area contributed by atoms with Crippen LogP contribution in [0, 0.1) is 0 Å². The molecule has 1 aromatic heterocycles. The monoisotopic (exact) mass is 259 g/mol. The van der Waals surface area contributed by atoms with Crippen molar-refractivity contribution in [1.29, 1.82) is 0 Å². The summed E-state index contributed by atoms with van der Waals surface area (Å²) < 4.78 is 5.28. The molecule has 0 atom stereocenters. The Bertz CT molecular complexity index is 489. The van der Waals surface area contributed by atoms with E-state index < -0.39 is 0 Å². The third-order valence-electron chi connectivity index (χ3n) is 2.27. The molecule has 102 valence electrons. The number of carbonyl (C=O) groups is 1. The third kappa shape index (κ3) is 4.62. The Labute approximate surface area is 114 Å². The summed E-state index contributed by atoms with van der Waals surface area (Å²) >= 11 is 0. The molecule has 1 aromatic carbocycles. The van der Waals surface area contributed by atoms with Crippen molar-refractivity contribution >= 4 is 5.91 Å². The predicted molar refractivity (Wildman–Crippen MR) is 78.1 cm³/mol. The molecule has 0 saturated carbocycles. The number of furan rings is 1. The van der Waals surface area contributed by atoms with E-state index in [1.54, 1.807) is 12.3 Å². The molecule has 0 aliphatic heterocycles. The van der Waals surface area contributed by atoms with E-state index in [1.165, 1.54) is 6.42 Å². The lowest BCUT2D eigenvalue weighted by Crippen LogP contribution is -2.22. The molecule has 1 amide bonds. The van der Waals surface area contributed by atoms with Gasteiger partial charge in [0.2, 0.25) is 0 Å². The Morgan fingerprint density at radius 1 is 1.16 bits per heavy atom. The van der Waals surface area contributed by atoms with Crippen molar-refractivity contribution in [3.05, 3.63) is 48.2 Å². The molecule has 0 aliphatic rings. The van der Waals surface area contributed by atoms with E-state index in [4.69, 9.17) is 4.42 Å². The fourth-order valence-corrected chi connectivity index (χ4v) is 1.52. The molecule has 2 rings (SSSR count). The standard InChI is InChI=1S/C13H13NO2.C3H8/c1-2-14-13(15)11-6-3-5-10(9-11)12-7-4-8-16-12;1-3-2/h3-9H,2H2,1H3,(H,14,15);3H2,1-2H3. The van der Waals surface area contributed by atoms with Gasteiger partial charge in [-0.05, 0) is 31.2 Å². The van der Waals surface area contributed by atoms with Crippen LogP contribution < -0.4 is 5.32 Å². The molecule has 3 heteroatoms. The van der Waals surface area contributed by atoms with Gasteiger partial charge in [-0.1, -0.05) is 32.4 Å². The highest BCUT2D eigenvalue weighted by Gasteiger charge is 2.06. The average Bonchev–Trinajstić information content (AvgIpc) is 2.94. The minimum absolute atomic E-state index is 0.0593. The lowest BCUT2D eigenvalue weighted by atomic mass is 10.1. The molecule has 1 N–H and O–H groups in total. The molecule has 0 saturated heterocycles. The number of nitrogens with one attached hydrogen (secondary N) is 1. The Balaban J connectivity index is 0.000000550. The van der Waals surface area contributed by atoms with Crippen LogP contribution in [0.3, 0.4) is 0 Å². The number of amides is 1. The summed E-state index contributed by atoms with van der Waals surface area (Å²) in [6.07, 6.45) is 2.87. The van der Waals surface area contributed by atoms with Crippen molar-refractivity contribution in [2.75, 3.05) is 6.54 Å². The Kier molecular flexibility index (Phi) is 6.44. The van der Waals surface area contributed by atoms with Gasteiger partial charge in [0.15, 0.2) is 0 Å². The van der Waals surface area contributed by atoms with Gasteiger partial charge in [-0.3, -0.25) is 4.79 Å². The topological polar surface area (TPSA) is 42.2 Å². The van der Waals surface area contributed by atoms with E-state index in [-0.39, 0.29) is 5.91 Å². The first-order valence-corrected chi connectivity index (χ1v) is 6.65. The highest BCUT2D eigenvalue weighted by Crippen LogP contribution is 2.20. The molecule has 19 heavy (non-hydrogen) atoms. The van der Waals surface area contributed by atoms with Gasteiger partial charge in [-0.15, -0.1) is 0 Å². The summed E-state index contributed by atoms with van der Waals surface area (Å²) in [4.78, 5) is 11.6. The summed E-state index contributed by atoms with van der Waals surface area (Å²) in [7, 11) is 0. The predicted octanol–water partition coefficient (Wildman–Crippen LogP) is 4.11. The van der Waals surface area contributed by atoms with Crippen molar-refractivity contribution in [3.63, 3.8) is 0 Å². The maximum absolute atomic E-state index is 11.6. The molecular weight excluding hydrogens is 238 g/mol. The van der Waals surface area contributed by atoms with Gasteiger partial charge in [0.1, 0.15) is 5.76 Å². The van der Waals surface area contributed by atoms with Crippen LogP contribution in [0.5, 0.6) is 0 Å². The number of hydrogen-bond acceptors (Lipinski definition) is 2. The smallest absolute Gasteiger partial charge is 0.251 e. The highest BCUT2D eigenvalue weighted by atomic mass is 16.3. The van der Waals surface area contributed by atoms with E-state index in [2.05, 4.69) is 19.2 Å². The summed E-state index contributed by atoms with van der Waals surface area (Å²) in [6, 6.07) is 11.1. The molecule has 0 spiro atoms. The van der Waals surface area contributed by atoms with Gasteiger partial charge in [0.25, 0.3) is 5.91 Å². The first-order valence-electron chi connectivity index (χ1n) is 6.65. The van der Waals surface area contributed by atoms with E-state index in [0.717, 1.165) is 11.3 Å². The summed E-state index contributed by atoms with van der Waals surface area (Å²) in [6.45, 7) is 6.78. The highest BCUT2D eigenvalue weighted by molar-refractivity contribution is 5.95. The fourth-order valence-electron chi connectivity index (χ4n) is 1.52. The maximum atomic E-state index is 11.6. The zero-order valence-electron chi connectivity index (χ0n) is 11.8. The zero-order valence-corrected chi connectivity index (χ0v) is 11.8. The number of rotatable bonds is 3. The van der Waals surface area contributed by atoms with Crippen LogP contribution in [0.2, 0.25) is 0 Å². The Morgan fingerprint density at radius 3 is 2.47 bits per heavy atom. The van der Waals surface area contributed by atoms with Crippen molar-refractivity contribution in [3.8, 4) is 11.3 Å². The van der Waals surface area contributed by atoms with Gasteiger partial charge in [0, 0.05) is 17.7 Å². The fraction of sp³-hybridized carbons (Fsp3) is 0.312. The SMILES string of the molecule is CCC.CCNC(=O)c1cccc(-c2ccco2)c1. The summed E-state index contributed by atoms with van der Waals surface area (Å²) in [5, 5.41) is 2.76. The normalized spacial score (nSPS) is 9.42. The van der Waals surface area contributed by atoms with Crippen LogP contribution >= 0.6 is 0 Å². The minimum atomic E-state index is -0.0593. The molecule has 3 nitrogen and oxygen atoms in total. The lowest BCUT2D eigenvalue weighted by molar-refractivity contribution is 0.0956. The van der Waals surface area contributed by atoms with Crippen LogP contribution in [0.25, 0.3) is 11.3 Å². The lowest BCUT2D eigenvalue weighted by Gasteiger charge is -2.03. The third-order valence-corrected chi connectivity index (χ3v) is 2.27. The first-order chi connectivity index (χ1) is 9.22. The van der Waals surface area contributed by atoms with Gasteiger partial charge in [0.05, 0.1) is 6.26 Å². The molecule has 0 bridgehead atoms. The second kappa shape index (κ2) is 8.14. The van der Waals surface area contributed by atoms with Gasteiger partial charge >= 0.3 is 0 Å². The van der Waals surface area contributed by atoms with Gasteiger partial charge < -0.3 is 9.73 Å². The van der Waals surface area contributed by atoms with E-state index >= 15 is 0 Å². The average molecular weight is 259 g/mol. The van der Waals surface area contributed by atoms with Crippen molar-refractivity contribution in [1.82, 2.24) is 5.32 Å². The minimum Gasteiger partial charge on any atom is -0.464 e. The van der Waals surface area contributed by atoms with Crippen molar-refractivity contribution in [2.24, 2.45) is 0 Å². The molecule has 0 aliphatic carbocycles. The first kappa shape index (κ1) is 15.0. The largest absolute Gasteiger partial charge is 0.464 e. The van der Waals surface area contributed by atoms with E-state index in [1.807, 2.05) is 37.3 Å². The number of hydrogen-bond donors (Lipinski definition) is 1. The molecule has 0 fully saturated rings. The van der Waals surface area contributed by atoms with Crippen LogP contribution in [-0.2, 0) is 0 Å². The number of benzene rings is 1. The van der Waals surface area contributed by atoms with Crippen LogP contribution in [-0.4, -0.2) is 12.5 Å². The van der Waals surface area contributed by atoms with Crippen LogP contribution in [0.4, 0.5) is 0 Å². The van der Waals surface area contributed by atoms with Gasteiger partial charge in [-0.25, -0.2) is 0 Å². The molecule has 0 radical (unpaired) electrons. The van der Waals surface area contributed by atoms with Gasteiger partial charge in [-0.2, -0.15) is 0 Å². The Hall–Kier alpha value is -2.03. The second-order valence-corrected chi connectivity index (χ2v) is 4.12. The second-order valence-electron chi connectivity index (χ2n) is 4.12. The van der Waals surface area contributed by atoms with E-state index in [9.17, 15) is 4.79 Å². The molecular formula is C16H21NO2. The summed E-state index contributed by atoms with van der Waals surface area (Å²) in [5.41, 5.74) is 1.56. The summed E-state index contributed by atoms with van der Waals surface area (Å²) in [5.74, 6) is 0.710. The maximum Gasteiger partial charge on any atom is 0.251 e. The quantitative estimate of drug-likeness (QED) is 0.901. The van der Waals surface area contributed by atoms with Crippen LogP contribution in [0.15, 0.2) is 47.1 Å². The zero-order chi connectivity index (χ0) is 14.1. The number of carbonyl (C=O) groups excluding carboxylic acids is 1. The molecule has 0 unspecified atom stereocenters. The molecule has 2 aromatic rings. The van der Waals surface area contributed by atoms with E-state index in [0.29, 0.717) is 12.1 Å². The Morgan fingerprint density at radius 2 is 1.89 bits per heavy atom. The van der Waals surface area contributed by atoms with Crippen LogP contribution in [0.1, 0.15) is 37.6 Å². The van der Waals surface area contributed by atoms with Crippen molar-refractivity contribution < 1.29 is 9.21 Å². The molecule has 1 heterocycles. The van der Waals surface area contributed by atoms with Crippen molar-refractivity contribution in [2.45, 2.75) is 27.2 Å².